The van der Waals surface area contributed by atoms with Gasteiger partial charge >= 0.3 is 0 Å². The smallest absolute Gasteiger partial charge is 0.194 e. The van der Waals surface area contributed by atoms with Crippen molar-refractivity contribution in [3.63, 3.8) is 0 Å². The molecule has 0 aliphatic heterocycles. The van der Waals surface area contributed by atoms with Crippen LogP contribution >= 0.6 is 22.6 Å². The highest BCUT2D eigenvalue weighted by atomic mass is 127. The number of hydrogen-bond acceptors (Lipinski definition) is 3. The van der Waals surface area contributed by atoms with Gasteiger partial charge in [-0.25, -0.2) is 0 Å². The average molecular weight is 396 g/mol. The molecule has 0 bridgehead atoms. The number of carbonyl (C=O) groups is 1. The Morgan fingerprint density at radius 3 is 2.33 bits per heavy atom. The average Bonchev–Trinajstić information content (AvgIpc) is 2.49. The van der Waals surface area contributed by atoms with Gasteiger partial charge < -0.3 is 9.47 Å². The van der Waals surface area contributed by atoms with Gasteiger partial charge in [0.05, 0.1) is 13.2 Å². The Balaban J connectivity index is 2.38. The van der Waals surface area contributed by atoms with E-state index in [1.807, 2.05) is 38.1 Å². The molecule has 0 saturated carbocycles. The maximum Gasteiger partial charge on any atom is 0.194 e. The lowest BCUT2D eigenvalue weighted by atomic mass is 10.0. The van der Waals surface area contributed by atoms with Crippen LogP contribution in [0.15, 0.2) is 42.5 Å². The molecule has 0 atom stereocenters. The van der Waals surface area contributed by atoms with E-state index in [1.165, 1.54) is 0 Å². The van der Waals surface area contributed by atoms with Gasteiger partial charge in [0.1, 0.15) is 0 Å². The lowest BCUT2D eigenvalue weighted by molar-refractivity contribution is 0.103. The molecule has 21 heavy (non-hydrogen) atoms. The number of ketones is 1. The summed E-state index contributed by atoms with van der Waals surface area (Å²) in [5.41, 5.74) is 1.30. The van der Waals surface area contributed by atoms with Gasteiger partial charge in [0.2, 0.25) is 0 Å². The first-order chi connectivity index (χ1) is 10.2. The lowest BCUT2D eigenvalue weighted by Crippen LogP contribution is -2.05. The van der Waals surface area contributed by atoms with Crippen molar-refractivity contribution in [2.45, 2.75) is 13.8 Å². The van der Waals surface area contributed by atoms with E-state index in [1.54, 1.807) is 18.2 Å². The summed E-state index contributed by atoms with van der Waals surface area (Å²) < 4.78 is 12.0. The van der Waals surface area contributed by atoms with E-state index in [0.717, 1.165) is 3.57 Å². The maximum absolute atomic E-state index is 12.6. The third-order valence-electron chi connectivity index (χ3n) is 2.92. The third-order valence-corrected chi connectivity index (χ3v) is 3.86. The van der Waals surface area contributed by atoms with E-state index >= 15 is 0 Å². The molecule has 0 fully saturated rings. The second kappa shape index (κ2) is 7.45. The lowest BCUT2D eigenvalue weighted by Gasteiger charge is -2.12. The third kappa shape index (κ3) is 3.75. The molecule has 0 amide bonds. The molecule has 0 aromatic heterocycles. The first kappa shape index (κ1) is 15.8. The first-order valence-electron chi connectivity index (χ1n) is 6.86. The van der Waals surface area contributed by atoms with Crippen molar-refractivity contribution in [1.29, 1.82) is 0 Å². The molecule has 2 aromatic rings. The highest BCUT2D eigenvalue weighted by Gasteiger charge is 2.15. The molecule has 0 unspecified atom stereocenters. The van der Waals surface area contributed by atoms with Gasteiger partial charge in [0.15, 0.2) is 17.3 Å². The van der Waals surface area contributed by atoms with Crippen LogP contribution in [0.3, 0.4) is 0 Å². The largest absolute Gasteiger partial charge is 0.490 e. The van der Waals surface area contributed by atoms with Crippen LogP contribution in [0.25, 0.3) is 0 Å². The number of ether oxygens (including phenoxy) is 2. The Kier molecular flexibility index (Phi) is 5.61. The van der Waals surface area contributed by atoms with Crippen LogP contribution in [-0.4, -0.2) is 19.0 Å². The van der Waals surface area contributed by atoms with Crippen molar-refractivity contribution >= 4 is 28.4 Å². The van der Waals surface area contributed by atoms with Crippen LogP contribution in [0.4, 0.5) is 0 Å². The fourth-order valence-electron chi connectivity index (χ4n) is 1.99. The fraction of sp³-hybridized carbons (Fsp3) is 0.235. The van der Waals surface area contributed by atoms with E-state index in [0.29, 0.717) is 35.8 Å². The quantitative estimate of drug-likeness (QED) is 0.539. The molecule has 110 valence electrons. The molecule has 0 heterocycles. The van der Waals surface area contributed by atoms with Crippen LogP contribution in [-0.2, 0) is 0 Å². The summed E-state index contributed by atoms with van der Waals surface area (Å²) in [4.78, 5) is 12.6. The SMILES string of the molecule is CCOc1ccc(C(=O)c2ccccc2I)cc1OCC. The predicted octanol–water partition coefficient (Wildman–Crippen LogP) is 4.32. The molecule has 0 spiro atoms. The summed E-state index contributed by atoms with van der Waals surface area (Å²) in [6, 6.07) is 12.9. The first-order valence-corrected chi connectivity index (χ1v) is 7.94. The summed E-state index contributed by atoms with van der Waals surface area (Å²) in [6.45, 7) is 4.91. The maximum atomic E-state index is 12.6. The molecule has 0 radical (unpaired) electrons. The fourth-order valence-corrected chi connectivity index (χ4v) is 2.63. The number of halogens is 1. The summed E-state index contributed by atoms with van der Waals surface area (Å²) in [5, 5.41) is 0. The minimum absolute atomic E-state index is 0.0102. The van der Waals surface area contributed by atoms with Crippen molar-refractivity contribution in [3.8, 4) is 11.5 Å². The number of carbonyl (C=O) groups excluding carboxylic acids is 1. The monoisotopic (exact) mass is 396 g/mol. The van der Waals surface area contributed by atoms with Gasteiger partial charge in [-0.3, -0.25) is 4.79 Å². The second-order valence-corrected chi connectivity index (χ2v) is 5.50. The van der Waals surface area contributed by atoms with Crippen LogP contribution in [0, 0.1) is 3.57 Å². The minimum atomic E-state index is -0.0102. The van der Waals surface area contributed by atoms with Gasteiger partial charge in [-0.1, -0.05) is 12.1 Å². The molecular formula is C17H17IO3. The van der Waals surface area contributed by atoms with E-state index < -0.39 is 0 Å². The highest BCUT2D eigenvalue weighted by Crippen LogP contribution is 2.30. The zero-order chi connectivity index (χ0) is 15.2. The summed E-state index contributed by atoms with van der Waals surface area (Å²) in [5.74, 6) is 1.26. The van der Waals surface area contributed by atoms with E-state index in [2.05, 4.69) is 22.6 Å². The van der Waals surface area contributed by atoms with Crippen molar-refractivity contribution in [2.75, 3.05) is 13.2 Å². The van der Waals surface area contributed by atoms with Crippen LogP contribution < -0.4 is 9.47 Å². The van der Waals surface area contributed by atoms with Gasteiger partial charge in [0.25, 0.3) is 0 Å². The van der Waals surface area contributed by atoms with Crippen LogP contribution in [0.5, 0.6) is 11.5 Å². The number of hydrogen-bond donors (Lipinski definition) is 0. The number of benzene rings is 2. The van der Waals surface area contributed by atoms with Crippen molar-refractivity contribution in [1.82, 2.24) is 0 Å². The molecule has 0 aliphatic carbocycles. The Labute approximate surface area is 138 Å². The Morgan fingerprint density at radius 2 is 1.67 bits per heavy atom. The van der Waals surface area contributed by atoms with Gasteiger partial charge in [0, 0.05) is 14.7 Å². The van der Waals surface area contributed by atoms with E-state index in [9.17, 15) is 4.79 Å². The van der Waals surface area contributed by atoms with Crippen molar-refractivity contribution < 1.29 is 14.3 Å². The molecule has 0 aliphatic rings. The minimum Gasteiger partial charge on any atom is -0.490 e. The predicted molar refractivity (Wildman–Crippen MR) is 91.4 cm³/mol. The van der Waals surface area contributed by atoms with Crippen molar-refractivity contribution in [3.05, 3.63) is 57.2 Å². The summed E-state index contributed by atoms with van der Waals surface area (Å²) in [6.07, 6.45) is 0. The molecule has 2 aromatic carbocycles. The normalized spacial score (nSPS) is 10.2. The number of rotatable bonds is 6. The zero-order valence-corrected chi connectivity index (χ0v) is 14.2. The molecule has 3 nitrogen and oxygen atoms in total. The van der Waals surface area contributed by atoms with Crippen LogP contribution in [0.1, 0.15) is 29.8 Å². The molecule has 0 saturated heterocycles. The summed E-state index contributed by atoms with van der Waals surface area (Å²) >= 11 is 2.17. The van der Waals surface area contributed by atoms with E-state index in [-0.39, 0.29) is 5.78 Å². The van der Waals surface area contributed by atoms with E-state index in [4.69, 9.17) is 9.47 Å². The molecule has 0 N–H and O–H groups in total. The molecule has 4 heteroatoms. The van der Waals surface area contributed by atoms with Gasteiger partial charge in [-0.05, 0) is 66.8 Å². The molecule has 2 rings (SSSR count). The van der Waals surface area contributed by atoms with Gasteiger partial charge in [-0.2, -0.15) is 0 Å². The van der Waals surface area contributed by atoms with Crippen molar-refractivity contribution in [2.24, 2.45) is 0 Å². The molecular weight excluding hydrogens is 379 g/mol. The summed E-state index contributed by atoms with van der Waals surface area (Å²) in [7, 11) is 0. The Morgan fingerprint density at radius 1 is 1.00 bits per heavy atom. The Hall–Kier alpha value is -1.56. The zero-order valence-electron chi connectivity index (χ0n) is 12.1. The Bertz CT molecular complexity index is 638. The van der Waals surface area contributed by atoms with Crippen LogP contribution in [0.2, 0.25) is 0 Å². The standard InChI is InChI=1S/C17H17IO3/c1-3-20-15-10-9-12(11-16(15)21-4-2)17(19)13-7-5-6-8-14(13)18/h5-11H,3-4H2,1-2H3. The topological polar surface area (TPSA) is 35.5 Å². The van der Waals surface area contributed by atoms with Gasteiger partial charge in [-0.15, -0.1) is 0 Å². The highest BCUT2D eigenvalue weighted by molar-refractivity contribution is 14.1. The second-order valence-electron chi connectivity index (χ2n) is 4.34.